The zero-order valence-corrected chi connectivity index (χ0v) is 16.5. The number of hydrogen-bond acceptors (Lipinski definition) is 4. The van der Waals surface area contributed by atoms with Crippen LogP contribution < -0.4 is 5.32 Å². The molecule has 2 aliphatic rings. The second-order valence-electron chi connectivity index (χ2n) is 7.10. The quantitative estimate of drug-likeness (QED) is 0.795. The van der Waals surface area contributed by atoms with E-state index in [1.54, 1.807) is 12.3 Å². The fourth-order valence-corrected chi connectivity index (χ4v) is 5.83. The maximum absolute atomic E-state index is 12.9. The highest BCUT2D eigenvalue weighted by Gasteiger charge is 2.38. The molecule has 0 radical (unpaired) electrons. The van der Waals surface area contributed by atoms with Crippen LogP contribution in [-0.2, 0) is 10.0 Å². The molecule has 1 aromatic heterocycles. The molecular formula is C21H25N3O2S. The fourth-order valence-electron chi connectivity index (χ4n) is 4.34. The van der Waals surface area contributed by atoms with Crippen molar-refractivity contribution < 1.29 is 8.42 Å². The van der Waals surface area contributed by atoms with Crippen molar-refractivity contribution in [3.63, 3.8) is 0 Å². The molecule has 0 fully saturated rings. The van der Waals surface area contributed by atoms with E-state index >= 15 is 0 Å². The van der Waals surface area contributed by atoms with Crippen molar-refractivity contribution in [2.75, 3.05) is 18.4 Å². The van der Waals surface area contributed by atoms with Crippen LogP contribution in [0.3, 0.4) is 0 Å². The van der Waals surface area contributed by atoms with Gasteiger partial charge in [-0.25, -0.2) is 8.42 Å². The van der Waals surface area contributed by atoms with Crippen molar-refractivity contribution in [3.05, 3.63) is 66.0 Å². The second kappa shape index (κ2) is 7.09. The molecule has 1 aromatic carbocycles. The Hall–Kier alpha value is -2.18. The van der Waals surface area contributed by atoms with Gasteiger partial charge in [-0.05, 0) is 47.7 Å². The molecule has 1 aliphatic heterocycles. The Labute approximate surface area is 161 Å². The van der Waals surface area contributed by atoms with Crippen LogP contribution in [0.5, 0.6) is 0 Å². The smallest absolute Gasteiger partial charge is 0.243 e. The average Bonchev–Trinajstić information content (AvgIpc) is 3.18. The lowest BCUT2D eigenvalue weighted by Gasteiger charge is -2.37. The van der Waals surface area contributed by atoms with Gasteiger partial charge in [-0.15, -0.1) is 0 Å². The van der Waals surface area contributed by atoms with Crippen molar-refractivity contribution in [2.24, 2.45) is 5.92 Å². The highest BCUT2D eigenvalue weighted by molar-refractivity contribution is 7.89. The summed E-state index contributed by atoms with van der Waals surface area (Å²) in [5.74, 6) is 0.589. The van der Waals surface area contributed by atoms with Gasteiger partial charge in [0.05, 0.1) is 10.9 Å². The molecule has 3 atom stereocenters. The number of pyridine rings is 1. The minimum atomic E-state index is -3.46. The van der Waals surface area contributed by atoms with E-state index in [4.69, 9.17) is 0 Å². The first-order chi connectivity index (χ1) is 13.1. The van der Waals surface area contributed by atoms with Crippen LogP contribution >= 0.6 is 0 Å². The van der Waals surface area contributed by atoms with Crippen LogP contribution in [0, 0.1) is 5.92 Å². The van der Waals surface area contributed by atoms with E-state index in [1.165, 1.54) is 9.87 Å². The summed E-state index contributed by atoms with van der Waals surface area (Å²) in [5, 5.41) is 3.63. The first kappa shape index (κ1) is 18.2. The summed E-state index contributed by atoms with van der Waals surface area (Å²) in [5.41, 5.74) is 3.25. The van der Waals surface area contributed by atoms with Gasteiger partial charge in [-0.1, -0.05) is 32.1 Å². The Morgan fingerprint density at radius 2 is 2.04 bits per heavy atom. The molecule has 0 amide bonds. The molecule has 2 heterocycles. The SMILES string of the molecule is CCN(CC)S(=O)(=O)c1ccc2c(c1)C1C=CCC1C(c1cccnc1)N2. The molecule has 142 valence electrons. The van der Waals surface area contributed by atoms with Crippen LogP contribution in [0.25, 0.3) is 0 Å². The number of hydrogen-bond donors (Lipinski definition) is 1. The van der Waals surface area contributed by atoms with Gasteiger partial charge in [0.1, 0.15) is 0 Å². The minimum Gasteiger partial charge on any atom is -0.378 e. The van der Waals surface area contributed by atoms with Crippen molar-refractivity contribution in [2.45, 2.75) is 37.1 Å². The zero-order chi connectivity index (χ0) is 19.0. The normalized spacial score (nSPS) is 23.7. The number of nitrogens with one attached hydrogen (secondary N) is 1. The van der Waals surface area contributed by atoms with E-state index in [-0.39, 0.29) is 12.0 Å². The molecule has 5 nitrogen and oxygen atoms in total. The molecule has 0 bridgehead atoms. The lowest BCUT2D eigenvalue weighted by atomic mass is 9.77. The zero-order valence-electron chi connectivity index (χ0n) is 15.7. The van der Waals surface area contributed by atoms with Crippen LogP contribution in [0.2, 0.25) is 0 Å². The molecule has 1 N–H and O–H groups in total. The number of fused-ring (bicyclic) bond motifs is 3. The highest BCUT2D eigenvalue weighted by Crippen LogP contribution is 2.50. The number of sulfonamides is 1. The van der Waals surface area contributed by atoms with E-state index < -0.39 is 10.0 Å². The highest BCUT2D eigenvalue weighted by atomic mass is 32.2. The van der Waals surface area contributed by atoms with E-state index in [2.05, 4.69) is 28.5 Å². The van der Waals surface area contributed by atoms with Crippen LogP contribution in [-0.4, -0.2) is 30.8 Å². The van der Waals surface area contributed by atoms with Gasteiger partial charge in [0.2, 0.25) is 10.0 Å². The summed E-state index contributed by atoms with van der Waals surface area (Å²) in [6.45, 7) is 4.69. The lowest BCUT2D eigenvalue weighted by molar-refractivity contribution is 0.423. The van der Waals surface area contributed by atoms with Gasteiger partial charge >= 0.3 is 0 Å². The third kappa shape index (κ3) is 3.07. The molecule has 0 spiro atoms. The van der Waals surface area contributed by atoms with Crippen LogP contribution in [0.15, 0.2) is 59.8 Å². The second-order valence-corrected chi connectivity index (χ2v) is 9.04. The molecular weight excluding hydrogens is 358 g/mol. The summed E-state index contributed by atoms with van der Waals surface area (Å²) in [6, 6.07) is 9.74. The lowest BCUT2D eigenvalue weighted by Crippen LogP contribution is -2.32. The number of rotatable bonds is 5. The van der Waals surface area contributed by atoms with Crippen molar-refractivity contribution in [1.82, 2.24) is 9.29 Å². The molecule has 0 saturated heterocycles. The molecule has 27 heavy (non-hydrogen) atoms. The molecule has 6 heteroatoms. The van der Waals surface area contributed by atoms with Gasteiger partial charge in [0.15, 0.2) is 0 Å². The maximum Gasteiger partial charge on any atom is 0.243 e. The number of nitrogens with zero attached hydrogens (tertiary/aromatic N) is 2. The van der Waals surface area contributed by atoms with Gasteiger partial charge < -0.3 is 5.32 Å². The van der Waals surface area contributed by atoms with E-state index in [0.717, 1.165) is 17.7 Å². The third-order valence-electron chi connectivity index (χ3n) is 5.72. The molecule has 3 unspecified atom stereocenters. The summed E-state index contributed by atoms with van der Waals surface area (Å²) < 4.78 is 27.4. The number of anilines is 1. The van der Waals surface area contributed by atoms with Gasteiger partial charge in [0.25, 0.3) is 0 Å². The molecule has 0 saturated carbocycles. The maximum atomic E-state index is 12.9. The monoisotopic (exact) mass is 383 g/mol. The van der Waals surface area contributed by atoms with Crippen molar-refractivity contribution >= 4 is 15.7 Å². The Kier molecular flexibility index (Phi) is 4.78. The molecule has 1 aliphatic carbocycles. The van der Waals surface area contributed by atoms with Gasteiger partial charge in [-0.3, -0.25) is 4.98 Å². The predicted octanol–water partition coefficient (Wildman–Crippen LogP) is 3.94. The predicted molar refractivity (Wildman–Crippen MR) is 107 cm³/mol. The van der Waals surface area contributed by atoms with Gasteiger partial charge in [0, 0.05) is 37.1 Å². The summed E-state index contributed by atoms with van der Waals surface area (Å²) in [4.78, 5) is 4.65. The summed E-state index contributed by atoms with van der Waals surface area (Å²) in [7, 11) is -3.46. The van der Waals surface area contributed by atoms with E-state index in [1.807, 2.05) is 38.2 Å². The van der Waals surface area contributed by atoms with E-state index in [0.29, 0.717) is 23.9 Å². The molecule has 4 rings (SSSR count). The summed E-state index contributed by atoms with van der Waals surface area (Å²) >= 11 is 0. The first-order valence-corrected chi connectivity index (χ1v) is 11.0. The molecule has 2 aromatic rings. The van der Waals surface area contributed by atoms with Crippen molar-refractivity contribution in [3.8, 4) is 0 Å². The fraction of sp³-hybridized carbons (Fsp3) is 0.381. The number of allylic oxidation sites excluding steroid dienone is 2. The standard InChI is InChI=1S/C21H25N3O2S/c1-3-24(4-2)27(25,26)16-10-11-20-19(13-16)17-8-5-9-18(17)21(23-20)15-7-6-12-22-14-15/h5-8,10-14,17-18,21,23H,3-4,9H2,1-2H3. The third-order valence-corrected chi connectivity index (χ3v) is 7.77. The summed E-state index contributed by atoms with van der Waals surface area (Å²) in [6.07, 6.45) is 9.11. The Balaban J connectivity index is 1.75. The Morgan fingerprint density at radius 1 is 1.22 bits per heavy atom. The number of benzene rings is 1. The van der Waals surface area contributed by atoms with Gasteiger partial charge in [-0.2, -0.15) is 4.31 Å². The Morgan fingerprint density at radius 3 is 2.74 bits per heavy atom. The van der Waals surface area contributed by atoms with Crippen LogP contribution in [0.1, 0.15) is 43.4 Å². The minimum absolute atomic E-state index is 0.177. The Bertz CT molecular complexity index is 953. The van der Waals surface area contributed by atoms with Crippen LogP contribution in [0.4, 0.5) is 5.69 Å². The van der Waals surface area contributed by atoms with E-state index in [9.17, 15) is 8.42 Å². The largest absolute Gasteiger partial charge is 0.378 e. The first-order valence-electron chi connectivity index (χ1n) is 9.53. The van der Waals surface area contributed by atoms with Crippen molar-refractivity contribution in [1.29, 1.82) is 0 Å². The topological polar surface area (TPSA) is 62.3 Å². The number of aromatic nitrogens is 1. The average molecular weight is 384 g/mol.